The summed E-state index contributed by atoms with van der Waals surface area (Å²) in [4.78, 5) is 15.6. The van der Waals surface area contributed by atoms with Crippen molar-refractivity contribution in [2.24, 2.45) is 5.14 Å². The van der Waals surface area contributed by atoms with Gasteiger partial charge in [0, 0.05) is 18.0 Å². The number of carbonyl (C=O) groups is 1. The van der Waals surface area contributed by atoms with Crippen LogP contribution >= 0.6 is 0 Å². The summed E-state index contributed by atoms with van der Waals surface area (Å²) < 4.78 is 27.7. The number of nitrogens with zero attached hydrogens (tertiary/aromatic N) is 1. The maximum atomic E-state index is 12.0. The van der Waals surface area contributed by atoms with E-state index < -0.39 is 15.9 Å². The Bertz CT molecular complexity index is 820. The molecule has 0 aliphatic rings. The molecule has 1 amide bonds. The zero-order chi connectivity index (χ0) is 16.3. The molecule has 2 aromatic rings. The standard InChI is InChI=1S/C13H13N3O5S/c1-21-10-7-8(4-5-11(10)22(14,19)20)16-13(18)12-9(17)3-2-6-15-12/h2-7,17H,1H3,(H,16,18)(H2,14,19,20). The zero-order valence-corrected chi connectivity index (χ0v) is 12.3. The van der Waals surface area contributed by atoms with Gasteiger partial charge in [-0.25, -0.2) is 18.5 Å². The normalized spacial score (nSPS) is 11.0. The summed E-state index contributed by atoms with van der Waals surface area (Å²) in [7, 11) is -2.66. The molecular formula is C13H13N3O5S. The van der Waals surface area contributed by atoms with Gasteiger partial charge in [-0.05, 0) is 24.3 Å². The topological polar surface area (TPSA) is 132 Å². The fraction of sp³-hybridized carbons (Fsp3) is 0.0769. The molecule has 116 valence electrons. The summed E-state index contributed by atoms with van der Waals surface area (Å²) in [5.74, 6) is -0.929. The number of pyridine rings is 1. The first-order valence-electron chi connectivity index (χ1n) is 5.99. The quantitative estimate of drug-likeness (QED) is 0.758. The molecule has 0 bridgehead atoms. The van der Waals surface area contributed by atoms with Crippen molar-refractivity contribution in [1.82, 2.24) is 4.98 Å². The fourth-order valence-corrected chi connectivity index (χ4v) is 2.42. The second-order valence-corrected chi connectivity index (χ2v) is 5.77. The third kappa shape index (κ3) is 3.32. The van der Waals surface area contributed by atoms with Crippen LogP contribution in [0.5, 0.6) is 11.5 Å². The van der Waals surface area contributed by atoms with Gasteiger partial charge in [-0.3, -0.25) is 4.79 Å². The van der Waals surface area contributed by atoms with E-state index in [1.165, 1.54) is 43.6 Å². The number of hydrogen-bond acceptors (Lipinski definition) is 6. The summed E-state index contributed by atoms with van der Waals surface area (Å²) in [5.41, 5.74) is 0.108. The highest BCUT2D eigenvalue weighted by atomic mass is 32.2. The van der Waals surface area contributed by atoms with Crippen LogP contribution in [-0.4, -0.2) is 31.5 Å². The van der Waals surface area contributed by atoms with Crippen molar-refractivity contribution < 1.29 is 23.1 Å². The molecule has 1 heterocycles. The van der Waals surface area contributed by atoms with E-state index in [4.69, 9.17) is 9.88 Å². The Balaban J connectivity index is 2.32. The van der Waals surface area contributed by atoms with Crippen molar-refractivity contribution in [3.63, 3.8) is 0 Å². The number of hydrogen-bond donors (Lipinski definition) is 3. The van der Waals surface area contributed by atoms with Crippen LogP contribution in [0.2, 0.25) is 0 Å². The number of nitrogens with one attached hydrogen (secondary N) is 1. The Morgan fingerprint density at radius 1 is 1.36 bits per heavy atom. The van der Waals surface area contributed by atoms with Crippen molar-refractivity contribution in [2.75, 3.05) is 12.4 Å². The molecule has 0 atom stereocenters. The van der Waals surface area contributed by atoms with Gasteiger partial charge in [0.25, 0.3) is 5.91 Å². The van der Waals surface area contributed by atoms with E-state index in [0.29, 0.717) is 0 Å². The number of aromatic hydroxyl groups is 1. The maximum Gasteiger partial charge on any atom is 0.278 e. The highest BCUT2D eigenvalue weighted by molar-refractivity contribution is 7.89. The Labute approximate surface area is 126 Å². The molecule has 9 heteroatoms. The minimum atomic E-state index is -3.94. The van der Waals surface area contributed by atoms with E-state index in [-0.39, 0.29) is 27.8 Å². The predicted octanol–water partition coefficient (Wildman–Crippen LogP) is 0.696. The van der Waals surface area contributed by atoms with Gasteiger partial charge < -0.3 is 15.2 Å². The van der Waals surface area contributed by atoms with Crippen molar-refractivity contribution >= 4 is 21.6 Å². The average molecular weight is 323 g/mol. The van der Waals surface area contributed by atoms with E-state index >= 15 is 0 Å². The number of carbonyl (C=O) groups excluding carboxylic acids is 1. The number of sulfonamides is 1. The monoisotopic (exact) mass is 323 g/mol. The number of primary sulfonamides is 1. The summed E-state index contributed by atoms with van der Waals surface area (Å²) in [5, 5.41) is 17.1. The summed E-state index contributed by atoms with van der Waals surface area (Å²) in [6.45, 7) is 0. The number of anilines is 1. The third-order valence-electron chi connectivity index (χ3n) is 2.73. The van der Waals surface area contributed by atoms with Gasteiger partial charge in [0.1, 0.15) is 16.4 Å². The lowest BCUT2D eigenvalue weighted by atomic mass is 10.2. The van der Waals surface area contributed by atoms with Crippen LogP contribution in [0.25, 0.3) is 0 Å². The lowest BCUT2D eigenvalue weighted by Gasteiger charge is -2.10. The van der Waals surface area contributed by atoms with E-state index in [0.717, 1.165) is 0 Å². The molecule has 0 spiro atoms. The first-order valence-corrected chi connectivity index (χ1v) is 7.53. The smallest absolute Gasteiger partial charge is 0.278 e. The van der Waals surface area contributed by atoms with Gasteiger partial charge in [-0.15, -0.1) is 0 Å². The summed E-state index contributed by atoms with van der Waals surface area (Å²) >= 11 is 0. The van der Waals surface area contributed by atoms with Crippen LogP contribution in [-0.2, 0) is 10.0 Å². The number of methoxy groups -OCH3 is 1. The molecule has 0 saturated carbocycles. The molecule has 0 aliphatic carbocycles. The molecule has 0 radical (unpaired) electrons. The molecule has 22 heavy (non-hydrogen) atoms. The van der Waals surface area contributed by atoms with Crippen LogP contribution in [0.15, 0.2) is 41.4 Å². The molecule has 0 aliphatic heterocycles. The Hall–Kier alpha value is -2.65. The van der Waals surface area contributed by atoms with Gasteiger partial charge in [0.15, 0.2) is 5.69 Å². The van der Waals surface area contributed by atoms with Gasteiger partial charge in [0.05, 0.1) is 7.11 Å². The number of aromatic nitrogens is 1. The Morgan fingerprint density at radius 3 is 2.68 bits per heavy atom. The Morgan fingerprint density at radius 2 is 2.09 bits per heavy atom. The van der Waals surface area contributed by atoms with Crippen molar-refractivity contribution in [3.8, 4) is 11.5 Å². The van der Waals surface area contributed by atoms with E-state index in [9.17, 15) is 18.3 Å². The van der Waals surface area contributed by atoms with E-state index in [1.807, 2.05) is 0 Å². The van der Waals surface area contributed by atoms with E-state index in [1.54, 1.807) is 0 Å². The lowest BCUT2D eigenvalue weighted by molar-refractivity contribution is 0.101. The molecule has 1 aromatic heterocycles. The molecule has 8 nitrogen and oxygen atoms in total. The molecule has 1 aromatic carbocycles. The molecule has 4 N–H and O–H groups in total. The van der Waals surface area contributed by atoms with Gasteiger partial charge in [0.2, 0.25) is 10.0 Å². The predicted molar refractivity (Wildman–Crippen MR) is 78.2 cm³/mol. The number of rotatable bonds is 4. The number of benzene rings is 1. The second-order valence-electron chi connectivity index (χ2n) is 4.24. The van der Waals surface area contributed by atoms with E-state index in [2.05, 4.69) is 10.3 Å². The van der Waals surface area contributed by atoms with Crippen molar-refractivity contribution in [2.45, 2.75) is 4.90 Å². The summed E-state index contributed by atoms with van der Waals surface area (Å²) in [6.07, 6.45) is 1.36. The lowest BCUT2D eigenvalue weighted by Crippen LogP contribution is -2.16. The molecule has 0 unspecified atom stereocenters. The molecular weight excluding hydrogens is 310 g/mol. The number of nitrogens with two attached hydrogens (primary N) is 1. The molecule has 0 fully saturated rings. The first-order chi connectivity index (χ1) is 10.3. The van der Waals surface area contributed by atoms with Crippen molar-refractivity contribution in [3.05, 3.63) is 42.2 Å². The van der Waals surface area contributed by atoms with Crippen LogP contribution < -0.4 is 15.2 Å². The first kappa shape index (κ1) is 15.7. The largest absolute Gasteiger partial charge is 0.505 e. The number of ether oxygens (including phenoxy) is 1. The Kier molecular flexibility index (Phi) is 4.29. The highest BCUT2D eigenvalue weighted by Crippen LogP contribution is 2.26. The molecule has 2 rings (SSSR count). The van der Waals surface area contributed by atoms with Gasteiger partial charge >= 0.3 is 0 Å². The number of amides is 1. The fourth-order valence-electron chi connectivity index (χ4n) is 1.74. The van der Waals surface area contributed by atoms with Crippen LogP contribution in [0, 0.1) is 0 Å². The minimum absolute atomic E-state index is 0.00876. The van der Waals surface area contributed by atoms with Crippen LogP contribution in [0.1, 0.15) is 10.5 Å². The minimum Gasteiger partial charge on any atom is -0.505 e. The zero-order valence-electron chi connectivity index (χ0n) is 11.5. The summed E-state index contributed by atoms with van der Waals surface area (Å²) in [6, 6.07) is 6.67. The molecule has 0 saturated heterocycles. The second kappa shape index (κ2) is 6.00. The van der Waals surface area contributed by atoms with Crippen LogP contribution in [0.3, 0.4) is 0 Å². The third-order valence-corrected chi connectivity index (χ3v) is 3.68. The average Bonchev–Trinajstić information content (AvgIpc) is 2.46. The van der Waals surface area contributed by atoms with Crippen molar-refractivity contribution in [1.29, 1.82) is 0 Å². The van der Waals surface area contributed by atoms with Crippen LogP contribution in [0.4, 0.5) is 5.69 Å². The van der Waals surface area contributed by atoms with Gasteiger partial charge in [-0.2, -0.15) is 0 Å². The maximum absolute atomic E-state index is 12.0. The van der Waals surface area contributed by atoms with Gasteiger partial charge in [-0.1, -0.05) is 0 Å². The highest BCUT2D eigenvalue weighted by Gasteiger charge is 2.17. The SMILES string of the molecule is COc1cc(NC(=O)c2ncccc2O)ccc1S(N)(=O)=O.